The van der Waals surface area contributed by atoms with Gasteiger partial charge in [-0.2, -0.15) is 0 Å². The molecule has 0 saturated heterocycles. The molecule has 0 spiro atoms. The Kier molecular flexibility index (Phi) is 6.62. The van der Waals surface area contributed by atoms with Crippen molar-refractivity contribution in [3.8, 4) is 17.1 Å². The quantitative estimate of drug-likeness (QED) is 0.335. The van der Waals surface area contributed by atoms with Crippen molar-refractivity contribution in [2.24, 2.45) is 0 Å². The summed E-state index contributed by atoms with van der Waals surface area (Å²) >= 11 is 1.29. The summed E-state index contributed by atoms with van der Waals surface area (Å²) in [4.78, 5) is 24.3. The first-order chi connectivity index (χ1) is 15.7. The number of amides is 1. The maximum Gasteiger partial charge on any atom is 0.337 e. The highest BCUT2D eigenvalue weighted by atomic mass is 32.2. The van der Waals surface area contributed by atoms with Crippen LogP contribution in [0.25, 0.3) is 17.1 Å². The molecule has 0 radical (unpaired) electrons. The Morgan fingerprint density at radius 1 is 0.938 bits per heavy atom. The van der Waals surface area contributed by atoms with E-state index < -0.39 is 5.97 Å². The number of hydrogen-bond acceptors (Lipinski definition) is 6. The molecule has 8 heteroatoms. The van der Waals surface area contributed by atoms with E-state index in [2.05, 4.69) is 15.5 Å². The van der Waals surface area contributed by atoms with Crippen LogP contribution in [-0.4, -0.2) is 39.5 Å². The van der Waals surface area contributed by atoms with Crippen molar-refractivity contribution in [3.63, 3.8) is 0 Å². The van der Waals surface area contributed by atoms with Crippen molar-refractivity contribution in [2.45, 2.75) is 5.16 Å². The fourth-order valence-electron chi connectivity index (χ4n) is 3.12. The van der Waals surface area contributed by atoms with Crippen LogP contribution in [0.1, 0.15) is 10.4 Å². The molecular formula is C24H20N4O3S. The minimum atomic E-state index is -0.458. The van der Waals surface area contributed by atoms with E-state index in [1.54, 1.807) is 24.3 Å². The third kappa shape index (κ3) is 4.87. The fourth-order valence-corrected chi connectivity index (χ4v) is 3.87. The maximum absolute atomic E-state index is 12.6. The number of aromatic nitrogens is 3. The van der Waals surface area contributed by atoms with Gasteiger partial charge in [0.25, 0.3) is 0 Å². The number of thioether (sulfide) groups is 1. The van der Waals surface area contributed by atoms with Crippen LogP contribution < -0.4 is 5.32 Å². The van der Waals surface area contributed by atoms with Gasteiger partial charge in [0.2, 0.25) is 5.91 Å². The first-order valence-electron chi connectivity index (χ1n) is 9.83. The van der Waals surface area contributed by atoms with Gasteiger partial charge in [0.1, 0.15) is 0 Å². The number of hydrogen-bond donors (Lipinski definition) is 1. The molecular weight excluding hydrogens is 424 g/mol. The first kappa shape index (κ1) is 21.3. The van der Waals surface area contributed by atoms with Crippen molar-refractivity contribution >= 4 is 29.3 Å². The first-order valence-corrected chi connectivity index (χ1v) is 10.8. The summed E-state index contributed by atoms with van der Waals surface area (Å²) in [6.07, 6.45) is 0. The van der Waals surface area contributed by atoms with E-state index in [-0.39, 0.29) is 11.7 Å². The lowest BCUT2D eigenvalue weighted by atomic mass is 10.2. The molecule has 4 aromatic rings. The predicted molar refractivity (Wildman–Crippen MR) is 124 cm³/mol. The monoisotopic (exact) mass is 444 g/mol. The zero-order chi connectivity index (χ0) is 22.3. The minimum Gasteiger partial charge on any atom is -0.465 e. The van der Waals surface area contributed by atoms with Crippen molar-refractivity contribution in [1.29, 1.82) is 0 Å². The summed E-state index contributed by atoms with van der Waals surface area (Å²) in [5.41, 5.74) is 2.73. The second-order valence-corrected chi connectivity index (χ2v) is 7.69. The Morgan fingerprint density at radius 2 is 1.66 bits per heavy atom. The summed E-state index contributed by atoms with van der Waals surface area (Å²) in [5.74, 6) is 0.147. The van der Waals surface area contributed by atoms with Crippen LogP contribution in [0.5, 0.6) is 0 Å². The smallest absolute Gasteiger partial charge is 0.337 e. The SMILES string of the molecule is COC(=O)c1cccc(NC(=O)CSc2nnc(-c3ccccc3)n2-c2ccccc2)c1. The van der Waals surface area contributed by atoms with Crippen molar-refractivity contribution in [1.82, 2.24) is 14.8 Å². The van der Waals surface area contributed by atoms with Crippen LogP contribution in [0, 0.1) is 0 Å². The molecule has 0 aliphatic carbocycles. The molecule has 7 nitrogen and oxygen atoms in total. The van der Waals surface area contributed by atoms with Gasteiger partial charge in [-0.25, -0.2) is 4.79 Å². The molecule has 0 bridgehead atoms. The standard InChI is InChI=1S/C24H20N4O3S/c1-31-23(30)18-11-8-12-19(15-18)25-21(29)16-32-24-27-26-22(17-9-4-2-5-10-17)28(24)20-13-6-3-7-14-20/h2-15H,16H2,1H3,(H,25,29). The third-order valence-electron chi connectivity index (χ3n) is 4.58. The van der Waals surface area contributed by atoms with Crippen LogP contribution in [0.4, 0.5) is 5.69 Å². The Labute approximate surface area is 189 Å². The van der Waals surface area contributed by atoms with Gasteiger partial charge in [-0.3, -0.25) is 9.36 Å². The molecule has 4 rings (SSSR count). The van der Waals surface area contributed by atoms with E-state index in [0.717, 1.165) is 11.3 Å². The lowest BCUT2D eigenvalue weighted by Crippen LogP contribution is -2.15. The number of esters is 1. The molecule has 0 unspecified atom stereocenters. The maximum atomic E-state index is 12.6. The Bertz CT molecular complexity index is 1230. The second-order valence-electron chi connectivity index (χ2n) is 6.75. The summed E-state index contributed by atoms with van der Waals surface area (Å²) in [7, 11) is 1.32. The van der Waals surface area contributed by atoms with Gasteiger partial charge < -0.3 is 10.1 Å². The molecule has 160 valence electrons. The summed E-state index contributed by atoms with van der Waals surface area (Å²) < 4.78 is 6.66. The highest BCUT2D eigenvalue weighted by molar-refractivity contribution is 7.99. The lowest BCUT2D eigenvalue weighted by Gasteiger charge is -2.10. The van der Waals surface area contributed by atoms with Crippen molar-refractivity contribution in [3.05, 3.63) is 90.5 Å². The van der Waals surface area contributed by atoms with Gasteiger partial charge in [0.05, 0.1) is 18.4 Å². The van der Waals surface area contributed by atoms with Gasteiger partial charge >= 0.3 is 5.97 Å². The van der Waals surface area contributed by atoms with Gasteiger partial charge in [-0.1, -0.05) is 66.4 Å². The largest absolute Gasteiger partial charge is 0.465 e. The summed E-state index contributed by atoms with van der Waals surface area (Å²) in [6, 6.07) is 26.2. The molecule has 0 aliphatic heterocycles. The predicted octanol–water partition coefficient (Wildman–Crippen LogP) is 4.45. The van der Waals surface area contributed by atoms with Crippen LogP contribution in [0.2, 0.25) is 0 Å². The van der Waals surface area contributed by atoms with Crippen LogP contribution in [-0.2, 0) is 9.53 Å². The van der Waals surface area contributed by atoms with Gasteiger partial charge in [0.15, 0.2) is 11.0 Å². The number of rotatable bonds is 7. The number of anilines is 1. The topological polar surface area (TPSA) is 86.1 Å². The van der Waals surface area contributed by atoms with Crippen molar-refractivity contribution in [2.75, 3.05) is 18.2 Å². The molecule has 1 amide bonds. The number of carbonyl (C=O) groups excluding carboxylic acids is 2. The molecule has 3 aromatic carbocycles. The third-order valence-corrected chi connectivity index (χ3v) is 5.51. The van der Waals surface area contributed by atoms with E-state index in [4.69, 9.17) is 4.74 Å². The second kappa shape index (κ2) is 9.93. The lowest BCUT2D eigenvalue weighted by molar-refractivity contribution is -0.113. The molecule has 0 atom stereocenters. The summed E-state index contributed by atoms with van der Waals surface area (Å²) in [6.45, 7) is 0. The zero-order valence-electron chi connectivity index (χ0n) is 17.3. The van der Waals surface area contributed by atoms with Crippen LogP contribution >= 0.6 is 11.8 Å². The molecule has 1 N–H and O–H groups in total. The molecule has 32 heavy (non-hydrogen) atoms. The molecule has 1 aromatic heterocycles. The molecule has 1 heterocycles. The number of ether oxygens (including phenoxy) is 1. The zero-order valence-corrected chi connectivity index (χ0v) is 18.1. The van der Waals surface area contributed by atoms with Gasteiger partial charge in [-0.05, 0) is 30.3 Å². The fraction of sp³-hybridized carbons (Fsp3) is 0.0833. The number of benzene rings is 3. The number of para-hydroxylation sites is 1. The van der Waals surface area contributed by atoms with E-state index in [9.17, 15) is 9.59 Å². The van der Waals surface area contributed by atoms with Crippen LogP contribution in [0.3, 0.4) is 0 Å². The highest BCUT2D eigenvalue weighted by Gasteiger charge is 2.17. The number of nitrogens with one attached hydrogen (secondary N) is 1. The Morgan fingerprint density at radius 3 is 2.38 bits per heavy atom. The van der Waals surface area contributed by atoms with E-state index in [1.165, 1.54) is 18.9 Å². The van der Waals surface area contributed by atoms with E-state index >= 15 is 0 Å². The highest BCUT2D eigenvalue weighted by Crippen LogP contribution is 2.28. The average Bonchev–Trinajstić information content (AvgIpc) is 3.27. The Balaban J connectivity index is 1.53. The number of methoxy groups -OCH3 is 1. The van der Waals surface area contributed by atoms with E-state index in [1.807, 2.05) is 65.2 Å². The normalized spacial score (nSPS) is 10.5. The summed E-state index contributed by atoms with van der Waals surface area (Å²) in [5, 5.41) is 12.1. The molecule has 0 aliphatic rings. The van der Waals surface area contributed by atoms with Crippen LogP contribution in [0.15, 0.2) is 90.1 Å². The minimum absolute atomic E-state index is 0.127. The van der Waals surface area contributed by atoms with Crippen molar-refractivity contribution < 1.29 is 14.3 Å². The van der Waals surface area contributed by atoms with E-state index in [0.29, 0.717) is 22.2 Å². The average molecular weight is 445 g/mol. The Hall–Kier alpha value is -3.91. The number of nitrogens with zero attached hydrogens (tertiary/aromatic N) is 3. The van der Waals surface area contributed by atoms with Gasteiger partial charge in [-0.15, -0.1) is 10.2 Å². The number of carbonyl (C=O) groups is 2. The van der Waals surface area contributed by atoms with Gasteiger partial charge in [0, 0.05) is 16.9 Å². The molecule has 0 fully saturated rings. The molecule has 0 saturated carbocycles.